The van der Waals surface area contributed by atoms with Gasteiger partial charge in [-0.1, -0.05) is 37.3 Å². The van der Waals surface area contributed by atoms with Gasteiger partial charge in [0.1, 0.15) is 6.54 Å². The summed E-state index contributed by atoms with van der Waals surface area (Å²) in [4.78, 5) is 32.6. The Labute approximate surface area is 192 Å². The van der Waals surface area contributed by atoms with E-state index in [4.69, 9.17) is 0 Å². The third-order valence-corrected chi connectivity index (χ3v) is 8.04. The van der Waals surface area contributed by atoms with Gasteiger partial charge in [-0.25, -0.2) is 0 Å². The summed E-state index contributed by atoms with van der Waals surface area (Å²) in [6.45, 7) is 6.95. The van der Waals surface area contributed by atoms with Gasteiger partial charge >= 0.3 is 0 Å². The second kappa shape index (κ2) is 9.37. The minimum absolute atomic E-state index is 0.00281. The number of amides is 2. The standard InChI is InChI=1S/C25H28N2O2S2/c1-4-18(3)27(25(29)22-10-7-14-30-22)16-23(28)26-13-11-21-20(12-15-31-21)24(26)19-9-6-5-8-17(19)2/h5-10,12,14-15,18,24H,4,11,13,16H2,1-3H3. The Hall–Kier alpha value is -2.44. The van der Waals surface area contributed by atoms with Crippen molar-refractivity contribution in [2.24, 2.45) is 0 Å². The van der Waals surface area contributed by atoms with E-state index < -0.39 is 0 Å². The summed E-state index contributed by atoms with van der Waals surface area (Å²) in [5.74, 6) is -0.0475. The minimum atomic E-state index is -0.0978. The zero-order valence-electron chi connectivity index (χ0n) is 18.2. The van der Waals surface area contributed by atoms with Gasteiger partial charge in [-0.2, -0.15) is 0 Å². The fourth-order valence-corrected chi connectivity index (χ4v) is 5.82. The average molecular weight is 453 g/mol. The summed E-state index contributed by atoms with van der Waals surface area (Å²) < 4.78 is 0. The lowest BCUT2D eigenvalue weighted by Gasteiger charge is -2.39. The summed E-state index contributed by atoms with van der Waals surface area (Å²) in [5.41, 5.74) is 3.56. The number of fused-ring (bicyclic) bond motifs is 1. The highest BCUT2D eigenvalue weighted by atomic mass is 32.1. The molecule has 1 aliphatic rings. The van der Waals surface area contributed by atoms with Crippen molar-refractivity contribution < 1.29 is 9.59 Å². The number of hydrogen-bond donors (Lipinski definition) is 0. The Balaban J connectivity index is 1.65. The van der Waals surface area contributed by atoms with Crippen molar-refractivity contribution in [3.05, 3.63) is 79.7 Å². The van der Waals surface area contributed by atoms with E-state index >= 15 is 0 Å². The fraction of sp³-hybridized carbons (Fsp3) is 0.360. The molecule has 1 aromatic carbocycles. The molecular formula is C25H28N2O2S2. The number of aryl methyl sites for hydroxylation is 1. The molecule has 0 bridgehead atoms. The molecule has 0 aliphatic carbocycles. The van der Waals surface area contributed by atoms with E-state index in [0.29, 0.717) is 11.4 Å². The molecule has 4 nitrogen and oxygen atoms in total. The van der Waals surface area contributed by atoms with E-state index in [2.05, 4.69) is 37.4 Å². The van der Waals surface area contributed by atoms with Crippen LogP contribution in [-0.4, -0.2) is 40.7 Å². The first-order valence-corrected chi connectivity index (χ1v) is 12.5. The highest BCUT2D eigenvalue weighted by molar-refractivity contribution is 7.12. The molecule has 3 heterocycles. The van der Waals surface area contributed by atoms with Gasteiger partial charge in [0.2, 0.25) is 5.91 Å². The molecule has 3 aromatic rings. The lowest BCUT2D eigenvalue weighted by molar-refractivity contribution is -0.134. The average Bonchev–Trinajstić information content (AvgIpc) is 3.48. The summed E-state index contributed by atoms with van der Waals surface area (Å²) in [6, 6.07) is 14.1. The van der Waals surface area contributed by atoms with Crippen LogP contribution in [0.4, 0.5) is 0 Å². The fourth-order valence-electron chi connectivity index (χ4n) is 4.24. The van der Waals surface area contributed by atoms with Crippen molar-refractivity contribution in [3.8, 4) is 0 Å². The number of rotatable bonds is 6. The quantitative estimate of drug-likeness (QED) is 0.493. The number of carbonyl (C=O) groups excluding carboxylic acids is 2. The van der Waals surface area contributed by atoms with Crippen molar-refractivity contribution >= 4 is 34.5 Å². The van der Waals surface area contributed by atoms with Gasteiger partial charge in [-0.3, -0.25) is 9.59 Å². The van der Waals surface area contributed by atoms with E-state index in [1.807, 2.05) is 41.5 Å². The van der Waals surface area contributed by atoms with Gasteiger partial charge in [0.15, 0.2) is 0 Å². The van der Waals surface area contributed by atoms with Gasteiger partial charge in [0.05, 0.1) is 10.9 Å². The maximum absolute atomic E-state index is 13.7. The number of carbonyl (C=O) groups is 2. The summed E-state index contributed by atoms with van der Waals surface area (Å²) >= 11 is 3.19. The SMILES string of the molecule is CCC(C)N(CC(=O)N1CCc2sccc2C1c1ccccc1C)C(=O)c1cccs1. The number of hydrogen-bond acceptors (Lipinski definition) is 4. The minimum Gasteiger partial charge on any atom is -0.330 e. The number of benzene rings is 1. The maximum Gasteiger partial charge on any atom is 0.264 e. The molecule has 2 unspecified atom stereocenters. The van der Waals surface area contributed by atoms with Crippen LogP contribution >= 0.6 is 22.7 Å². The Morgan fingerprint density at radius 2 is 1.90 bits per heavy atom. The Morgan fingerprint density at radius 3 is 2.61 bits per heavy atom. The highest BCUT2D eigenvalue weighted by Crippen LogP contribution is 2.39. The summed E-state index contributed by atoms with van der Waals surface area (Å²) in [5, 5.41) is 4.02. The van der Waals surface area contributed by atoms with Crippen molar-refractivity contribution in [1.82, 2.24) is 9.80 Å². The van der Waals surface area contributed by atoms with Gasteiger partial charge in [-0.05, 0) is 66.3 Å². The molecule has 1 aliphatic heterocycles. The topological polar surface area (TPSA) is 40.6 Å². The molecule has 0 saturated heterocycles. The predicted molar refractivity (Wildman–Crippen MR) is 128 cm³/mol. The second-order valence-electron chi connectivity index (χ2n) is 8.06. The first kappa shape index (κ1) is 21.8. The van der Waals surface area contributed by atoms with Gasteiger partial charge < -0.3 is 9.80 Å². The van der Waals surface area contributed by atoms with Crippen LogP contribution in [0.5, 0.6) is 0 Å². The molecule has 0 spiro atoms. The van der Waals surface area contributed by atoms with Crippen LogP contribution in [0.25, 0.3) is 0 Å². The normalized spacial score (nSPS) is 16.6. The van der Waals surface area contributed by atoms with E-state index in [-0.39, 0.29) is 30.4 Å². The largest absolute Gasteiger partial charge is 0.330 e. The van der Waals surface area contributed by atoms with Gasteiger partial charge in [0.25, 0.3) is 5.91 Å². The van der Waals surface area contributed by atoms with Crippen LogP contribution in [0.3, 0.4) is 0 Å². The van der Waals surface area contributed by atoms with Crippen LogP contribution < -0.4 is 0 Å². The molecule has 31 heavy (non-hydrogen) atoms. The lowest BCUT2D eigenvalue weighted by Crippen LogP contribution is -2.49. The smallest absolute Gasteiger partial charge is 0.264 e. The van der Waals surface area contributed by atoms with Crippen LogP contribution in [0.2, 0.25) is 0 Å². The molecule has 0 radical (unpaired) electrons. The van der Waals surface area contributed by atoms with Crippen LogP contribution in [-0.2, 0) is 11.2 Å². The van der Waals surface area contributed by atoms with E-state index in [1.165, 1.54) is 27.3 Å². The molecule has 0 saturated carbocycles. The van der Waals surface area contributed by atoms with Crippen molar-refractivity contribution in [2.75, 3.05) is 13.1 Å². The maximum atomic E-state index is 13.7. The zero-order valence-corrected chi connectivity index (χ0v) is 19.8. The molecule has 162 valence electrons. The molecular weight excluding hydrogens is 424 g/mol. The van der Waals surface area contributed by atoms with Crippen molar-refractivity contribution in [2.45, 2.75) is 45.7 Å². The third kappa shape index (κ3) is 4.32. The number of nitrogens with zero attached hydrogens (tertiary/aromatic N) is 2. The van der Waals surface area contributed by atoms with Crippen LogP contribution in [0.15, 0.2) is 53.2 Å². The summed E-state index contributed by atoms with van der Waals surface area (Å²) in [6.07, 6.45) is 1.67. The Morgan fingerprint density at radius 1 is 1.10 bits per heavy atom. The lowest BCUT2D eigenvalue weighted by atomic mass is 9.90. The summed E-state index contributed by atoms with van der Waals surface area (Å²) in [7, 11) is 0. The van der Waals surface area contributed by atoms with Crippen LogP contribution in [0, 0.1) is 6.92 Å². The molecule has 0 fully saturated rings. The van der Waals surface area contributed by atoms with E-state index in [9.17, 15) is 9.59 Å². The van der Waals surface area contributed by atoms with Crippen molar-refractivity contribution in [1.29, 1.82) is 0 Å². The molecule has 2 aromatic heterocycles. The molecule has 6 heteroatoms. The second-order valence-corrected chi connectivity index (χ2v) is 10.0. The Kier molecular flexibility index (Phi) is 6.58. The molecule has 4 rings (SSSR count). The van der Waals surface area contributed by atoms with E-state index in [1.54, 1.807) is 16.2 Å². The van der Waals surface area contributed by atoms with E-state index in [0.717, 1.165) is 18.4 Å². The van der Waals surface area contributed by atoms with Gasteiger partial charge in [-0.15, -0.1) is 22.7 Å². The van der Waals surface area contributed by atoms with Gasteiger partial charge in [0, 0.05) is 17.5 Å². The van der Waals surface area contributed by atoms with Crippen LogP contribution in [0.1, 0.15) is 57.5 Å². The number of thiophene rings is 2. The monoisotopic (exact) mass is 452 g/mol. The first-order chi connectivity index (χ1) is 15.0. The molecule has 2 atom stereocenters. The highest BCUT2D eigenvalue weighted by Gasteiger charge is 2.35. The van der Waals surface area contributed by atoms with Crippen molar-refractivity contribution in [3.63, 3.8) is 0 Å². The molecule has 2 amide bonds. The predicted octanol–water partition coefficient (Wildman–Crippen LogP) is 5.53. The first-order valence-electron chi connectivity index (χ1n) is 10.8. The molecule has 0 N–H and O–H groups in total. The third-order valence-electron chi connectivity index (χ3n) is 6.19. The zero-order chi connectivity index (χ0) is 22.0. The Bertz CT molecular complexity index is 1060.